The molecule has 0 radical (unpaired) electrons. The Kier molecular flexibility index (Phi) is 3.77. The van der Waals surface area contributed by atoms with E-state index in [2.05, 4.69) is 4.98 Å². The fourth-order valence-electron chi connectivity index (χ4n) is 1.29. The number of hydrogen-bond acceptors (Lipinski definition) is 2. The molecule has 1 aromatic carbocycles. The monoisotopic (exact) mass is 287 g/mol. The van der Waals surface area contributed by atoms with Gasteiger partial charge in [-0.2, -0.15) is 4.98 Å². The van der Waals surface area contributed by atoms with Gasteiger partial charge < -0.3 is 4.74 Å². The quantitative estimate of drug-likeness (QED) is 0.714. The highest BCUT2D eigenvalue weighted by atomic mass is 35.5. The van der Waals surface area contributed by atoms with Crippen LogP contribution in [0.25, 0.3) is 0 Å². The largest absolute Gasteiger partial charge is 0.437 e. The van der Waals surface area contributed by atoms with Gasteiger partial charge in [0, 0.05) is 0 Å². The third-order valence-corrected chi connectivity index (χ3v) is 3.00. The average molecular weight is 289 g/mol. The summed E-state index contributed by atoms with van der Waals surface area (Å²) in [5.74, 6) is 0.893. The fraction of sp³-hybridized carbons (Fsp3) is 0.0833. The van der Waals surface area contributed by atoms with E-state index in [0.717, 1.165) is 5.56 Å². The summed E-state index contributed by atoms with van der Waals surface area (Å²) in [4.78, 5) is 3.98. The number of hydrogen-bond donors (Lipinski definition) is 0. The summed E-state index contributed by atoms with van der Waals surface area (Å²) >= 11 is 17.5. The van der Waals surface area contributed by atoms with Gasteiger partial charge in [0.05, 0.1) is 5.02 Å². The summed E-state index contributed by atoms with van der Waals surface area (Å²) in [6, 6.07) is 9.05. The molecule has 0 saturated carbocycles. The van der Waals surface area contributed by atoms with Gasteiger partial charge in [-0.15, -0.1) is 0 Å². The Hall–Kier alpha value is -0.960. The average Bonchev–Trinajstić information content (AvgIpc) is 2.26. The summed E-state index contributed by atoms with van der Waals surface area (Å²) in [5, 5.41) is 0.785. The van der Waals surface area contributed by atoms with Crippen LogP contribution in [-0.2, 0) is 0 Å². The van der Waals surface area contributed by atoms with Gasteiger partial charge in [-0.25, -0.2) is 0 Å². The van der Waals surface area contributed by atoms with Gasteiger partial charge in [-0.05, 0) is 30.7 Å². The lowest BCUT2D eigenvalue weighted by Crippen LogP contribution is -1.90. The summed E-state index contributed by atoms with van der Waals surface area (Å²) in [6.45, 7) is 1.97. The van der Waals surface area contributed by atoms with Gasteiger partial charge in [-0.3, -0.25) is 0 Å². The van der Waals surface area contributed by atoms with Gasteiger partial charge in [0.1, 0.15) is 10.8 Å². The van der Waals surface area contributed by atoms with E-state index in [0.29, 0.717) is 15.8 Å². The lowest BCUT2D eigenvalue weighted by Gasteiger charge is -2.08. The lowest BCUT2D eigenvalue weighted by atomic mass is 10.2. The maximum absolute atomic E-state index is 5.96. The smallest absolute Gasteiger partial charge is 0.239 e. The fourth-order valence-corrected chi connectivity index (χ4v) is 1.82. The van der Waals surface area contributed by atoms with E-state index in [4.69, 9.17) is 39.5 Å². The number of pyridine rings is 1. The molecule has 0 N–H and O–H groups in total. The molecule has 1 aromatic heterocycles. The zero-order valence-corrected chi connectivity index (χ0v) is 11.1. The van der Waals surface area contributed by atoms with Crippen molar-refractivity contribution in [2.45, 2.75) is 6.92 Å². The Balaban J connectivity index is 2.33. The summed E-state index contributed by atoms with van der Waals surface area (Å²) in [5.41, 5.74) is 1.08. The number of rotatable bonds is 2. The SMILES string of the molecule is Cc1cccc(Oc2nc(Cl)c(Cl)cc2Cl)c1. The first kappa shape index (κ1) is 12.5. The minimum Gasteiger partial charge on any atom is -0.437 e. The molecular formula is C12H8Cl3NO. The van der Waals surface area contributed by atoms with Gasteiger partial charge in [0.2, 0.25) is 5.88 Å². The molecule has 0 fully saturated rings. The van der Waals surface area contributed by atoms with Crippen LogP contribution in [0.3, 0.4) is 0 Å². The highest BCUT2D eigenvalue weighted by Gasteiger charge is 2.09. The van der Waals surface area contributed by atoms with Crippen LogP contribution in [0.1, 0.15) is 5.56 Å². The molecule has 2 aromatic rings. The van der Waals surface area contributed by atoms with Crippen molar-refractivity contribution in [1.29, 1.82) is 0 Å². The molecule has 0 spiro atoms. The van der Waals surface area contributed by atoms with Crippen LogP contribution in [0, 0.1) is 6.92 Å². The molecular weight excluding hydrogens is 280 g/mol. The molecule has 0 aliphatic carbocycles. The molecule has 0 unspecified atom stereocenters. The molecule has 2 nitrogen and oxygen atoms in total. The van der Waals surface area contributed by atoms with E-state index in [9.17, 15) is 0 Å². The summed E-state index contributed by atoms with van der Waals surface area (Å²) < 4.78 is 5.54. The minimum absolute atomic E-state index is 0.165. The first-order valence-electron chi connectivity index (χ1n) is 4.82. The Labute approximate surface area is 114 Å². The highest BCUT2D eigenvalue weighted by Crippen LogP contribution is 2.33. The van der Waals surface area contributed by atoms with Crippen molar-refractivity contribution in [1.82, 2.24) is 4.98 Å². The molecule has 88 valence electrons. The third kappa shape index (κ3) is 3.03. The second-order valence-electron chi connectivity index (χ2n) is 3.47. The van der Waals surface area contributed by atoms with Crippen molar-refractivity contribution >= 4 is 34.8 Å². The van der Waals surface area contributed by atoms with E-state index in [-0.39, 0.29) is 11.0 Å². The van der Waals surface area contributed by atoms with Crippen molar-refractivity contribution in [2.24, 2.45) is 0 Å². The number of aromatic nitrogens is 1. The number of benzene rings is 1. The van der Waals surface area contributed by atoms with Crippen LogP contribution in [0.4, 0.5) is 0 Å². The number of ether oxygens (including phenoxy) is 1. The molecule has 2 rings (SSSR count). The van der Waals surface area contributed by atoms with E-state index in [1.165, 1.54) is 6.07 Å². The van der Waals surface area contributed by atoms with Crippen LogP contribution in [-0.4, -0.2) is 4.98 Å². The van der Waals surface area contributed by atoms with Crippen molar-refractivity contribution in [2.75, 3.05) is 0 Å². The normalized spacial score (nSPS) is 10.4. The molecule has 0 amide bonds. The standard InChI is InChI=1S/C12H8Cl3NO/c1-7-3-2-4-8(5-7)17-12-10(14)6-9(13)11(15)16-12/h2-6H,1H3. The third-order valence-electron chi connectivity index (χ3n) is 2.06. The molecule has 17 heavy (non-hydrogen) atoms. The van der Waals surface area contributed by atoms with Crippen LogP contribution >= 0.6 is 34.8 Å². The molecule has 0 atom stereocenters. The van der Waals surface area contributed by atoms with Crippen LogP contribution in [0.15, 0.2) is 30.3 Å². The Morgan fingerprint density at radius 1 is 1.06 bits per heavy atom. The molecule has 0 bridgehead atoms. The first-order valence-corrected chi connectivity index (χ1v) is 5.96. The zero-order valence-electron chi connectivity index (χ0n) is 8.88. The van der Waals surface area contributed by atoms with Crippen molar-refractivity contribution in [3.8, 4) is 11.6 Å². The Morgan fingerprint density at radius 2 is 1.82 bits per heavy atom. The second-order valence-corrected chi connectivity index (χ2v) is 4.64. The van der Waals surface area contributed by atoms with Gasteiger partial charge in [0.15, 0.2) is 5.15 Å². The molecule has 0 aliphatic heterocycles. The van der Waals surface area contributed by atoms with Crippen molar-refractivity contribution in [3.63, 3.8) is 0 Å². The van der Waals surface area contributed by atoms with Crippen LogP contribution < -0.4 is 4.74 Å². The maximum atomic E-state index is 5.96. The highest BCUT2D eigenvalue weighted by molar-refractivity contribution is 6.42. The van der Waals surface area contributed by atoms with E-state index in [1.807, 2.05) is 31.2 Å². The zero-order chi connectivity index (χ0) is 12.4. The van der Waals surface area contributed by atoms with Crippen molar-refractivity contribution < 1.29 is 4.74 Å². The van der Waals surface area contributed by atoms with Gasteiger partial charge in [-0.1, -0.05) is 46.9 Å². The number of aryl methyl sites for hydroxylation is 1. The lowest BCUT2D eigenvalue weighted by molar-refractivity contribution is 0.463. The maximum Gasteiger partial charge on any atom is 0.239 e. The molecule has 5 heteroatoms. The Morgan fingerprint density at radius 3 is 2.53 bits per heavy atom. The predicted molar refractivity (Wildman–Crippen MR) is 70.5 cm³/mol. The van der Waals surface area contributed by atoms with Crippen molar-refractivity contribution in [3.05, 3.63) is 51.1 Å². The van der Waals surface area contributed by atoms with E-state index in [1.54, 1.807) is 0 Å². The van der Waals surface area contributed by atoms with Gasteiger partial charge >= 0.3 is 0 Å². The van der Waals surface area contributed by atoms with Crippen LogP contribution in [0.2, 0.25) is 15.2 Å². The summed E-state index contributed by atoms with van der Waals surface area (Å²) in [7, 11) is 0. The summed E-state index contributed by atoms with van der Waals surface area (Å²) in [6.07, 6.45) is 0. The molecule has 0 saturated heterocycles. The molecule has 1 heterocycles. The number of nitrogens with zero attached hydrogens (tertiary/aromatic N) is 1. The van der Waals surface area contributed by atoms with E-state index >= 15 is 0 Å². The first-order chi connectivity index (χ1) is 8.06. The topological polar surface area (TPSA) is 22.1 Å². The minimum atomic E-state index is 0.165. The number of halogens is 3. The second kappa shape index (κ2) is 5.13. The molecule has 0 aliphatic rings. The predicted octanol–water partition coefficient (Wildman–Crippen LogP) is 5.14. The van der Waals surface area contributed by atoms with Gasteiger partial charge in [0.25, 0.3) is 0 Å². The van der Waals surface area contributed by atoms with E-state index < -0.39 is 0 Å². The Bertz CT molecular complexity index is 557. The van der Waals surface area contributed by atoms with Crippen LogP contribution in [0.5, 0.6) is 11.6 Å².